The number of hydrogen-bond acceptors (Lipinski definition) is 6. The molecule has 5 aliphatic rings. The minimum absolute atomic E-state index is 0. The molecular formula is C31H30ClNO5. The van der Waals surface area contributed by atoms with Gasteiger partial charge < -0.3 is 14.6 Å². The number of carbonyl (C=O) groups is 2. The normalized spacial score (nSPS) is 30.8. The third-order valence-corrected chi connectivity index (χ3v) is 9.78. The first kappa shape index (κ1) is 24.0. The Morgan fingerprint density at radius 1 is 1.08 bits per heavy atom. The van der Waals surface area contributed by atoms with E-state index in [9.17, 15) is 14.7 Å². The number of phenols is 1. The van der Waals surface area contributed by atoms with Gasteiger partial charge in [-0.15, -0.1) is 12.4 Å². The second-order valence-corrected chi connectivity index (χ2v) is 11.6. The largest absolute Gasteiger partial charge is 0.504 e. The van der Waals surface area contributed by atoms with Gasteiger partial charge in [-0.2, -0.15) is 0 Å². The zero-order valence-electron chi connectivity index (χ0n) is 21.0. The number of rotatable bonds is 4. The first-order chi connectivity index (χ1) is 18.0. The molecule has 38 heavy (non-hydrogen) atoms. The number of carbonyl (C=O) groups excluding carboxylic acids is 2. The molecule has 3 aromatic carbocycles. The smallest absolute Gasteiger partial charge is 0.338 e. The molecule has 2 bridgehead atoms. The molecule has 8 rings (SSSR count). The Morgan fingerprint density at radius 3 is 2.71 bits per heavy atom. The van der Waals surface area contributed by atoms with Crippen molar-refractivity contribution in [3.63, 3.8) is 0 Å². The van der Waals surface area contributed by atoms with Gasteiger partial charge in [0, 0.05) is 18.5 Å². The molecule has 3 fully saturated rings. The summed E-state index contributed by atoms with van der Waals surface area (Å²) >= 11 is 0. The molecule has 3 aliphatic carbocycles. The van der Waals surface area contributed by atoms with Crippen LogP contribution in [-0.4, -0.2) is 52.6 Å². The summed E-state index contributed by atoms with van der Waals surface area (Å²) in [7, 11) is 0. The van der Waals surface area contributed by atoms with Crippen LogP contribution in [0.5, 0.6) is 11.5 Å². The number of phenolic OH excluding ortho intramolecular Hbond substituents is 1. The summed E-state index contributed by atoms with van der Waals surface area (Å²) in [4.78, 5) is 29.9. The predicted octanol–water partition coefficient (Wildman–Crippen LogP) is 4.97. The third-order valence-electron chi connectivity index (χ3n) is 9.78. The van der Waals surface area contributed by atoms with Crippen molar-refractivity contribution in [2.24, 2.45) is 5.92 Å². The summed E-state index contributed by atoms with van der Waals surface area (Å²) in [6, 6.07) is 17.3. The van der Waals surface area contributed by atoms with Crippen molar-refractivity contribution in [1.82, 2.24) is 4.90 Å². The second-order valence-electron chi connectivity index (χ2n) is 11.6. The van der Waals surface area contributed by atoms with Crippen LogP contribution in [0.2, 0.25) is 0 Å². The van der Waals surface area contributed by atoms with E-state index in [1.807, 2.05) is 48.5 Å². The SMILES string of the molecule is Cl.O=C(O[C@@]12CCC(=O)[C@@H]3Oc4c(O)ccc5c4[C@@]31CCN(CC1CC1)[C@@H]2C5)c1ccc2ccccc2c1. The van der Waals surface area contributed by atoms with Crippen LogP contribution in [0.3, 0.4) is 0 Å². The molecule has 2 heterocycles. The molecule has 4 atom stereocenters. The third kappa shape index (κ3) is 3.04. The lowest BCUT2D eigenvalue weighted by molar-refractivity contribution is -0.190. The fourth-order valence-electron chi connectivity index (χ4n) is 7.98. The van der Waals surface area contributed by atoms with Crippen molar-refractivity contribution in [2.45, 2.75) is 61.7 Å². The average Bonchev–Trinajstić information content (AvgIpc) is 3.65. The number of esters is 1. The molecule has 1 spiro atoms. The van der Waals surface area contributed by atoms with Gasteiger partial charge in [-0.1, -0.05) is 36.4 Å². The van der Waals surface area contributed by atoms with Crippen LogP contribution in [0.1, 0.15) is 53.6 Å². The fraction of sp³-hybridized carbons (Fsp3) is 0.419. The highest BCUT2D eigenvalue weighted by Gasteiger charge is 2.75. The zero-order chi connectivity index (χ0) is 24.9. The number of benzene rings is 3. The molecule has 0 unspecified atom stereocenters. The lowest BCUT2D eigenvalue weighted by atomic mass is 9.48. The summed E-state index contributed by atoms with van der Waals surface area (Å²) in [6.07, 6.45) is 3.92. The summed E-state index contributed by atoms with van der Waals surface area (Å²) < 4.78 is 13.1. The number of nitrogens with zero attached hydrogens (tertiary/aromatic N) is 1. The zero-order valence-corrected chi connectivity index (χ0v) is 21.8. The number of likely N-dealkylation sites (tertiary alicyclic amines) is 1. The lowest BCUT2D eigenvalue weighted by Gasteiger charge is -2.63. The van der Waals surface area contributed by atoms with Crippen molar-refractivity contribution in [3.05, 3.63) is 71.3 Å². The first-order valence-electron chi connectivity index (χ1n) is 13.5. The Balaban J connectivity index is 0.00000242. The summed E-state index contributed by atoms with van der Waals surface area (Å²) in [5.41, 5.74) is 0.854. The van der Waals surface area contributed by atoms with E-state index >= 15 is 0 Å². The Kier molecular flexibility index (Phi) is 5.18. The molecule has 1 saturated heterocycles. The lowest BCUT2D eigenvalue weighted by Crippen LogP contribution is -2.77. The van der Waals surface area contributed by atoms with Gasteiger partial charge in [-0.05, 0) is 79.1 Å². The monoisotopic (exact) mass is 531 g/mol. The highest BCUT2D eigenvalue weighted by molar-refractivity contribution is 5.96. The molecule has 196 valence electrons. The van der Waals surface area contributed by atoms with E-state index in [-0.39, 0.29) is 36.0 Å². The van der Waals surface area contributed by atoms with Crippen molar-refractivity contribution in [3.8, 4) is 11.5 Å². The Morgan fingerprint density at radius 2 is 1.89 bits per heavy atom. The number of fused-ring (bicyclic) bond motifs is 1. The highest BCUT2D eigenvalue weighted by Crippen LogP contribution is 2.66. The van der Waals surface area contributed by atoms with Crippen LogP contribution < -0.4 is 4.74 Å². The topological polar surface area (TPSA) is 76.1 Å². The van der Waals surface area contributed by atoms with E-state index in [0.717, 1.165) is 35.0 Å². The molecule has 0 radical (unpaired) electrons. The van der Waals surface area contributed by atoms with Gasteiger partial charge in [0.05, 0.1) is 17.0 Å². The molecule has 0 amide bonds. The number of ketones is 1. The van der Waals surface area contributed by atoms with Crippen LogP contribution >= 0.6 is 12.4 Å². The van der Waals surface area contributed by atoms with Gasteiger partial charge in [0.1, 0.15) is 5.60 Å². The van der Waals surface area contributed by atoms with E-state index in [1.165, 1.54) is 12.8 Å². The molecule has 6 nitrogen and oxygen atoms in total. The van der Waals surface area contributed by atoms with E-state index in [4.69, 9.17) is 9.47 Å². The first-order valence-corrected chi connectivity index (χ1v) is 13.5. The van der Waals surface area contributed by atoms with Crippen LogP contribution in [0.15, 0.2) is 54.6 Å². The Bertz CT molecular complexity index is 1500. The maximum Gasteiger partial charge on any atom is 0.338 e. The highest BCUT2D eigenvalue weighted by atomic mass is 35.5. The number of hydrogen-bond donors (Lipinski definition) is 1. The number of ether oxygens (including phenoxy) is 2. The minimum Gasteiger partial charge on any atom is -0.504 e. The van der Waals surface area contributed by atoms with Crippen LogP contribution in [0.25, 0.3) is 10.8 Å². The number of aromatic hydroxyl groups is 1. The minimum atomic E-state index is -0.895. The fourth-order valence-corrected chi connectivity index (χ4v) is 7.98. The molecule has 0 aromatic heterocycles. The van der Waals surface area contributed by atoms with Crippen LogP contribution in [-0.2, 0) is 21.4 Å². The van der Waals surface area contributed by atoms with E-state index in [1.54, 1.807) is 6.07 Å². The van der Waals surface area contributed by atoms with Crippen molar-refractivity contribution >= 4 is 34.9 Å². The number of piperidine rings is 1. The Labute approximate surface area is 227 Å². The second kappa shape index (κ2) is 8.20. The molecule has 1 N–H and O–H groups in total. The van der Waals surface area contributed by atoms with Gasteiger partial charge in [0.15, 0.2) is 23.4 Å². The van der Waals surface area contributed by atoms with Gasteiger partial charge in [-0.3, -0.25) is 9.69 Å². The summed E-state index contributed by atoms with van der Waals surface area (Å²) in [6.45, 7) is 1.83. The molecule has 2 aliphatic heterocycles. The molecule has 3 aromatic rings. The quantitative estimate of drug-likeness (QED) is 0.479. The van der Waals surface area contributed by atoms with E-state index in [2.05, 4.69) is 4.90 Å². The van der Waals surface area contributed by atoms with Crippen molar-refractivity contribution in [1.29, 1.82) is 0 Å². The van der Waals surface area contributed by atoms with Crippen LogP contribution in [0, 0.1) is 5.92 Å². The van der Waals surface area contributed by atoms with Crippen molar-refractivity contribution in [2.75, 3.05) is 13.1 Å². The summed E-state index contributed by atoms with van der Waals surface area (Å²) in [5, 5.41) is 12.8. The molecule has 2 saturated carbocycles. The maximum atomic E-state index is 13.9. The Hall–Kier alpha value is -3.09. The molecule has 7 heteroatoms. The summed E-state index contributed by atoms with van der Waals surface area (Å²) in [5.74, 6) is 0.852. The van der Waals surface area contributed by atoms with Gasteiger partial charge in [0.25, 0.3) is 0 Å². The van der Waals surface area contributed by atoms with Gasteiger partial charge in [-0.25, -0.2) is 4.79 Å². The average molecular weight is 532 g/mol. The maximum absolute atomic E-state index is 13.9. The number of Topliss-reactive ketones (excluding diaryl/α,β-unsaturated/α-hetero) is 1. The van der Waals surface area contributed by atoms with E-state index in [0.29, 0.717) is 42.9 Å². The number of halogens is 1. The predicted molar refractivity (Wildman–Crippen MR) is 144 cm³/mol. The standard InChI is InChI=1S/C31H29NO5.ClH/c33-23-10-9-21-16-25-31(37-29(35)22-8-7-19-3-1-2-4-20(19)15-22)12-11-24(34)28-30(31,26(21)27(23)36-28)13-14-32(25)17-18-5-6-18;/h1-4,7-10,15,18,25,28,33H,5-6,11-14,16-17H2;1H/t25-,28+,30+,31-;/m1./s1. The van der Waals surface area contributed by atoms with Gasteiger partial charge in [0.2, 0.25) is 0 Å². The van der Waals surface area contributed by atoms with E-state index < -0.39 is 17.1 Å². The van der Waals surface area contributed by atoms with Crippen molar-refractivity contribution < 1.29 is 24.2 Å². The molecular weight excluding hydrogens is 502 g/mol. The van der Waals surface area contributed by atoms with Crippen LogP contribution in [0.4, 0.5) is 0 Å². The van der Waals surface area contributed by atoms with Gasteiger partial charge >= 0.3 is 5.97 Å².